The van der Waals surface area contributed by atoms with Gasteiger partial charge < -0.3 is 47.1 Å². The third kappa shape index (κ3) is 7.75. The van der Waals surface area contributed by atoms with Crippen molar-refractivity contribution in [3.63, 3.8) is 0 Å². The molecule has 0 radical (unpaired) electrons. The van der Waals surface area contributed by atoms with E-state index in [2.05, 4.69) is 110 Å². The van der Waals surface area contributed by atoms with E-state index in [-0.39, 0.29) is 51.0 Å². The van der Waals surface area contributed by atoms with E-state index in [0.29, 0.717) is 35.5 Å². The van der Waals surface area contributed by atoms with Gasteiger partial charge in [-0.05, 0) is 36.1 Å². The van der Waals surface area contributed by atoms with Gasteiger partial charge in [-0.1, -0.05) is 84.7 Å². The van der Waals surface area contributed by atoms with Crippen molar-refractivity contribution in [1.29, 1.82) is 0 Å². The average molecular weight is 613 g/mol. The Morgan fingerprint density at radius 2 is 0.919 bits per heavy atom. The number of allylic oxidation sites excluding steroid dienone is 8. The molecule has 2 aromatic carbocycles. The molecule has 2 aromatic rings. The molecule has 6 atom stereocenters. The second-order valence-electron chi connectivity index (χ2n) is 9.64. The monoisotopic (exact) mass is 610 g/mol. The molecule has 2 saturated carbocycles. The summed E-state index contributed by atoms with van der Waals surface area (Å²) in [5, 5.41) is 0. The number of hydrogen-bond donors (Lipinski definition) is 0. The first-order valence-corrected chi connectivity index (χ1v) is 12.4. The van der Waals surface area contributed by atoms with Gasteiger partial charge in [-0.3, -0.25) is 0 Å². The van der Waals surface area contributed by atoms with Gasteiger partial charge in [0.25, 0.3) is 0 Å². The Morgan fingerprint density at radius 3 is 1.24 bits per heavy atom. The summed E-state index contributed by atoms with van der Waals surface area (Å²) in [6.07, 6.45) is 25.4. The van der Waals surface area contributed by atoms with Crippen LogP contribution in [0, 0.1) is 36.5 Å². The van der Waals surface area contributed by atoms with E-state index in [1.165, 1.54) is 24.0 Å². The van der Waals surface area contributed by atoms with Crippen LogP contribution in [0.2, 0.25) is 0 Å². The van der Waals surface area contributed by atoms with Gasteiger partial charge in [0, 0.05) is 0 Å². The quantitative estimate of drug-likeness (QED) is 0.488. The fourth-order valence-corrected chi connectivity index (χ4v) is 5.70. The number of fused-ring (bicyclic) bond motifs is 2. The first-order valence-electron chi connectivity index (χ1n) is 12.4. The van der Waals surface area contributed by atoms with Crippen molar-refractivity contribution in [2.45, 2.75) is 24.7 Å². The van der Waals surface area contributed by atoms with Crippen LogP contribution in [0.15, 0.2) is 97.1 Å². The van der Waals surface area contributed by atoms with Crippen molar-refractivity contribution in [3.8, 4) is 11.5 Å². The van der Waals surface area contributed by atoms with Crippen molar-refractivity contribution < 1.29 is 60.5 Å². The van der Waals surface area contributed by atoms with E-state index in [0.717, 1.165) is 11.5 Å². The van der Waals surface area contributed by atoms with Gasteiger partial charge in [0.05, 0.1) is 14.2 Å². The molecule has 0 aromatic heterocycles. The summed E-state index contributed by atoms with van der Waals surface area (Å²) in [5.41, 5.74) is 2.81. The fraction of sp³-hybridized carbons (Fsp3) is 0.312. The third-order valence-corrected chi connectivity index (χ3v) is 7.64. The fourth-order valence-electron chi connectivity index (χ4n) is 5.70. The Bertz CT molecular complexity index is 947. The summed E-state index contributed by atoms with van der Waals surface area (Å²) in [7, 11) is 3.42. The second-order valence-corrected chi connectivity index (χ2v) is 9.64. The predicted molar refractivity (Wildman–Crippen MR) is 140 cm³/mol. The Labute approximate surface area is 254 Å². The van der Waals surface area contributed by atoms with E-state index in [1.807, 2.05) is 0 Å². The molecule has 37 heavy (non-hydrogen) atoms. The Hall–Kier alpha value is -1.54. The topological polar surface area (TPSA) is 18.5 Å². The van der Waals surface area contributed by atoms with Gasteiger partial charge in [0.2, 0.25) is 0 Å². The van der Waals surface area contributed by atoms with Crippen molar-refractivity contribution in [2.24, 2.45) is 23.7 Å². The summed E-state index contributed by atoms with van der Waals surface area (Å²) in [5.74, 6) is 5.71. The minimum absolute atomic E-state index is 0. The van der Waals surface area contributed by atoms with Crippen molar-refractivity contribution in [1.82, 2.24) is 0 Å². The minimum Gasteiger partial charge on any atom is -1.00 e. The van der Waals surface area contributed by atoms with Crippen LogP contribution in [-0.4, -0.2) is 14.2 Å². The molecule has 0 amide bonds. The van der Waals surface area contributed by atoms with Gasteiger partial charge in [-0.15, -0.1) is 35.8 Å². The number of hydrogen-bond acceptors (Lipinski definition) is 2. The maximum absolute atomic E-state index is 5.19. The molecule has 0 N–H and O–H groups in total. The molecule has 4 aliphatic rings. The number of halogens is 2. The summed E-state index contributed by atoms with van der Waals surface area (Å²) in [6, 6.07) is 17.0. The van der Waals surface area contributed by atoms with Crippen LogP contribution in [0.1, 0.15) is 35.8 Å². The molecule has 2 fully saturated rings. The molecule has 192 valence electrons. The number of rotatable bonds is 4. The van der Waals surface area contributed by atoms with E-state index < -0.39 is 0 Å². The number of benzene rings is 2. The summed E-state index contributed by atoms with van der Waals surface area (Å²) >= 11 is 0. The summed E-state index contributed by atoms with van der Waals surface area (Å²) in [6.45, 7) is 0. The summed E-state index contributed by atoms with van der Waals surface area (Å²) in [4.78, 5) is 0. The molecule has 0 bridgehead atoms. The maximum atomic E-state index is 5.19. The Kier molecular flexibility index (Phi) is 13.0. The molecule has 2 nitrogen and oxygen atoms in total. The van der Waals surface area contributed by atoms with Crippen molar-refractivity contribution in [3.05, 3.63) is 121 Å². The molecule has 6 unspecified atom stereocenters. The van der Waals surface area contributed by atoms with Crippen molar-refractivity contribution >= 4 is 0 Å². The largest absolute Gasteiger partial charge is 4.00 e. The number of ether oxygens (including phenoxy) is 2. The summed E-state index contributed by atoms with van der Waals surface area (Å²) < 4.78 is 10.4. The molecule has 0 saturated heterocycles. The molecule has 4 aliphatic carbocycles. The first kappa shape index (κ1) is 31.7. The van der Waals surface area contributed by atoms with E-state index >= 15 is 0 Å². The minimum atomic E-state index is 0. The van der Waals surface area contributed by atoms with Gasteiger partial charge in [-0.2, -0.15) is 0 Å². The smallest absolute Gasteiger partial charge is 1.00 e. The van der Waals surface area contributed by atoms with Gasteiger partial charge in [-0.25, -0.2) is 0 Å². The molecule has 5 heteroatoms. The first-order chi connectivity index (χ1) is 16.7. The normalized spacial score (nSPS) is 27.8. The molecule has 0 aliphatic heterocycles. The van der Waals surface area contributed by atoms with E-state index in [4.69, 9.17) is 9.47 Å². The van der Waals surface area contributed by atoms with Crippen LogP contribution in [0.4, 0.5) is 0 Å². The van der Waals surface area contributed by atoms with Crippen LogP contribution in [0.25, 0.3) is 0 Å². The van der Waals surface area contributed by atoms with Gasteiger partial charge in [0.15, 0.2) is 0 Å². The van der Waals surface area contributed by atoms with E-state index in [9.17, 15) is 0 Å². The zero-order valence-corrected chi connectivity index (χ0v) is 25.3. The molecular formula is C32H34Cl2O2Zr. The SMILES string of the molecule is COc1ccc(C2[CH-]C3C=CC=CC3C2)cc1.COc1ccc(C2[CH-]C3C=CC=CC3C2)cc1.[Cl-].[Cl-].[Zr+4]. The van der Waals surface area contributed by atoms with E-state index in [1.54, 1.807) is 14.2 Å². The van der Waals surface area contributed by atoms with Crippen LogP contribution >= 0.6 is 0 Å². The Balaban J connectivity index is 0.000000241. The van der Waals surface area contributed by atoms with Crippen LogP contribution in [0.5, 0.6) is 11.5 Å². The number of methoxy groups -OCH3 is 2. The second kappa shape index (κ2) is 15.2. The Morgan fingerprint density at radius 1 is 0.568 bits per heavy atom. The van der Waals surface area contributed by atoms with Gasteiger partial charge >= 0.3 is 26.2 Å². The molecular weight excluding hydrogens is 578 g/mol. The maximum Gasteiger partial charge on any atom is 4.00 e. The third-order valence-electron chi connectivity index (χ3n) is 7.64. The average Bonchev–Trinajstić information content (AvgIpc) is 3.54. The van der Waals surface area contributed by atoms with Crippen LogP contribution in [-0.2, 0) is 26.2 Å². The van der Waals surface area contributed by atoms with Crippen molar-refractivity contribution in [2.75, 3.05) is 14.2 Å². The van der Waals surface area contributed by atoms with Crippen LogP contribution in [0.3, 0.4) is 0 Å². The predicted octanol–water partition coefficient (Wildman–Crippen LogP) is 1.50. The molecule has 0 heterocycles. The standard InChI is InChI=1S/2C16H17O.2ClH.Zr/c2*1-17-16-8-6-12(7-9-16)15-10-13-4-2-3-5-14(13)11-15;;;/h2*2-10,13-15H,11H2,1H3;2*1H;/q2*-1;;;+4/p-2. The zero-order valence-electron chi connectivity index (χ0n) is 21.3. The van der Waals surface area contributed by atoms with Gasteiger partial charge in [0.1, 0.15) is 11.5 Å². The van der Waals surface area contributed by atoms with Crippen LogP contribution < -0.4 is 34.3 Å². The molecule has 0 spiro atoms. The molecule has 6 rings (SSSR count). The zero-order chi connectivity index (χ0) is 23.3.